The molecule has 0 spiro atoms. The van der Waals surface area contributed by atoms with Crippen LogP contribution in [0.3, 0.4) is 0 Å². The van der Waals surface area contributed by atoms with Gasteiger partial charge in [0.2, 0.25) is 0 Å². The third-order valence-corrected chi connectivity index (χ3v) is 4.24. The van der Waals surface area contributed by atoms with Gasteiger partial charge in [-0.2, -0.15) is 0 Å². The van der Waals surface area contributed by atoms with Gasteiger partial charge in [0.1, 0.15) is 0 Å². The van der Waals surface area contributed by atoms with Gasteiger partial charge in [-0.15, -0.1) is 17.0 Å². The van der Waals surface area contributed by atoms with E-state index in [2.05, 4.69) is 4.98 Å². The molecule has 118 valence electrons. The number of carboxylic acids is 1. The summed E-state index contributed by atoms with van der Waals surface area (Å²) >= 11 is 1.32. The maximum absolute atomic E-state index is 11.0. The largest absolute Gasteiger partial charge is 0.481 e. The first-order chi connectivity index (χ1) is 10.6. The second kappa shape index (κ2) is 7.39. The van der Waals surface area contributed by atoms with Crippen LogP contribution in [-0.2, 0) is 11.2 Å². The average molecular weight is 391 g/mol. The van der Waals surface area contributed by atoms with Crippen LogP contribution in [0.15, 0.2) is 54.6 Å². The Morgan fingerprint density at radius 2 is 1.70 bits per heavy atom. The van der Waals surface area contributed by atoms with Gasteiger partial charge < -0.3 is 10.8 Å². The van der Waals surface area contributed by atoms with E-state index >= 15 is 0 Å². The lowest BCUT2D eigenvalue weighted by Crippen LogP contribution is -2.01. The molecular weight excluding hydrogens is 376 g/mol. The Morgan fingerprint density at radius 1 is 1.04 bits per heavy atom. The van der Waals surface area contributed by atoms with E-state index in [4.69, 9.17) is 10.8 Å². The third kappa shape index (κ3) is 3.97. The van der Waals surface area contributed by atoms with Gasteiger partial charge in [-0.05, 0) is 22.8 Å². The number of aliphatic carboxylic acids is 1. The minimum absolute atomic E-state index is 0. The normalized spacial score (nSPS) is 10.1. The molecule has 4 nitrogen and oxygen atoms in total. The highest BCUT2D eigenvalue weighted by Crippen LogP contribution is 2.34. The number of nitrogens with zero attached hydrogens (tertiary/aromatic N) is 1. The van der Waals surface area contributed by atoms with E-state index in [0.29, 0.717) is 10.8 Å². The molecule has 3 rings (SSSR count). The summed E-state index contributed by atoms with van der Waals surface area (Å²) < 4.78 is 0. The molecule has 0 saturated heterocycles. The number of anilines is 1. The van der Waals surface area contributed by atoms with Crippen LogP contribution < -0.4 is 5.73 Å². The number of aromatic nitrogens is 1. The Balaban J connectivity index is 0.00000192. The van der Waals surface area contributed by atoms with Crippen LogP contribution in [0.2, 0.25) is 0 Å². The van der Waals surface area contributed by atoms with Gasteiger partial charge in [0.25, 0.3) is 0 Å². The zero-order chi connectivity index (χ0) is 15.5. The van der Waals surface area contributed by atoms with Crippen LogP contribution in [0.5, 0.6) is 0 Å². The molecule has 0 unspecified atom stereocenters. The molecular formula is C17H15BrN2O2S. The van der Waals surface area contributed by atoms with Crippen molar-refractivity contribution in [3.63, 3.8) is 0 Å². The van der Waals surface area contributed by atoms with Crippen molar-refractivity contribution in [2.24, 2.45) is 0 Å². The van der Waals surface area contributed by atoms with Gasteiger partial charge in [-0.3, -0.25) is 4.79 Å². The molecule has 2 aromatic carbocycles. The smallest absolute Gasteiger partial charge is 0.309 e. The summed E-state index contributed by atoms with van der Waals surface area (Å²) in [5.41, 5.74) is 9.39. The predicted molar refractivity (Wildman–Crippen MR) is 99.1 cm³/mol. The van der Waals surface area contributed by atoms with Crippen LogP contribution >= 0.6 is 28.3 Å². The first kappa shape index (κ1) is 17.2. The number of carboxylic acid groups (broad SMARTS) is 1. The molecule has 0 saturated carbocycles. The Hall–Kier alpha value is -2.18. The number of nitrogens with two attached hydrogens (primary N) is 1. The molecule has 0 aliphatic carbocycles. The van der Waals surface area contributed by atoms with Crippen molar-refractivity contribution < 1.29 is 9.90 Å². The fourth-order valence-corrected chi connectivity index (χ4v) is 3.17. The van der Waals surface area contributed by atoms with Crippen molar-refractivity contribution >= 4 is 39.4 Å². The van der Waals surface area contributed by atoms with Gasteiger partial charge in [0.15, 0.2) is 5.13 Å². The molecule has 0 aliphatic rings. The highest BCUT2D eigenvalue weighted by molar-refractivity contribution is 8.93. The van der Waals surface area contributed by atoms with Crippen LogP contribution in [0.1, 0.15) is 5.69 Å². The Morgan fingerprint density at radius 3 is 2.39 bits per heavy atom. The van der Waals surface area contributed by atoms with E-state index in [-0.39, 0.29) is 23.4 Å². The molecule has 0 radical (unpaired) electrons. The number of thiazole rings is 1. The lowest BCUT2D eigenvalue weighted by molar-refractivity contribution is -0.136. The topological polar surface area (TPSA) is 76.2 Å². The van der Waals surface area contributed by atoms with Crippen LogP contribution in [0.25, 0.3) is 21.6 Å². The fourth-order valence-electron chi connectivity index (χ4n) is 2.33. The number of benzene rings is 2. The van der Waals surface area contributed by atoms with Crippen molar-refractivity contribution in [3.8, 4) is 21.6 Å². The van der Waals surface area contributed by atoms with Crippen LogP contribution in [-0.4, -0.2) is 16.1 Å². The van der Waals surface area contributed by atoms with Gasteiger partial charge >= 0.3 is 5.97 Å². The molecule has 0 amide bonds. The molecule has 3 N–H and O–H groups in total. The minimum Gasteiger partial charge on any atom is -0.481 e. The maximum atomic E-state index is 11.0. The second-order valence-corrected chi connectivity index (χ2v) is 5.88. The number of hydrogen-bond donors (Lipinski definition) is 2. The lowest BCUT2D eigenvalue weighted by atomic mass is 10.0. The van der Waals surface area contributed by atoms with E-state index in [9.17, 15) is 4.79 Å². The average Bonchev–Trinajstić information content (AvgIpc) is 2.88. The first-order valence-corrected chi connectivity index (χ1v) is 7.58. The van der Waals surface area contributed by atoms with Crippen molar-refractivity contribution in [3.05, 3.63) is 60.3 Å². The maximum Gasteiger partial charge on any atom is 0.309 e. The minimum atomic E-state index is -0.911. The molecule has 1 aromatic heterocycles. The summed E-state index contributed by atoms with van der Waals surface area (Å²) in [5.74, 6) is -0.911. The molecule has 23 heavy (non-hydrogen) atoms. The Bertz CT molecular complexity index is 818. The summed E-state index contributed by atoms with van der Waals surface area (Å²) in [6.45, 7) is 0. The lowest BCUT2D eigenvalue weighted by Gasteiger charge is -2.05. The summed E-state index contributed by atoms with van der Waals surface area (Å²) in [5, 5.41) is 9.39. The summed E-state index contributed by atoms with van der Waals surface area (Å²) in [7, 11) is 0. The molecule has 1 heterocycles. The van der Waals surface area contributed by atoms with Gasteiger partial charge in [0, 0.05) is 0 Å². The number of nitrogen functional groups attached to an aromatic ring is 1. The molecule has 0 aliphatic heterocycles. The Kier molecular flexibility index (Phi) is 5.52. The van der Waals surface area contributed by atoms with E-state index in [0.717, 1.165) is 21.6 Å². The fraction of sp³-hybridized carbons (Fsp3) is 0.0588. The Labute approximate surface area is 148 Å². The third-order valence-electron chi connectivity index (χ3n) is 3.26. The second-order valence-electron chi connectivity index (χ2n) is 4.85. The van der Waals surface area contributed by atoms with Crippen LogP contribution in [0.4, 0.5) is 5.13 Å². The zero-order valence-corrected chi connectivity index (χ0v) is 14.6. The zero-order valence-electron chi connectivity index (χ0n) is 12.1. The number of carbonyl (C=O) groups is 1. The quantitative estimate of drug-likeness (QED) is 0.697. The highest BCUT2D eigenvalue weighted by Gasteiger charge is 2.15. The summed E-state index contributed by atoms with van der Waals surface area (Å²) in [6, 6.07) is 18.0. The van der Waals surface area contributed by atoms with Crippen LogP contribution in [0, 0.1) is 0 Å². The molecule has 6 heteroatoms. The molecule has 0 fully saturated rings. The number of hydrogen-bond acceptors (Lipinski definition) is 4. The highest BCUT2D eigenvalue weighted by atomic mass is 79.9. The molecule has 0 bridgehead atoms. The summed E-state index contributed by atoms with van der Waals surface area (Å²) in [4.78, 5) is 15.9. The first-order valence-electron chi connectivity index (χ1n) is 6.76. The molecule has 3 aromatic rings. The van der Waals surface area contributed by atoms with Gasteiger partial charge in [0.05, 0.1) is 17.0 Å². The van der Waals surface area contributed by atoms with E-state index in [1.54, 1.807) is 0 Å². The predicted octanol–water partition coefficient (Wildman–Crippen LogP) is 4.26. The van der Waals surface area contributed by atoms with Gasteiger partial charge in [-0.1, -0.05) is 59.9 Å². The summed E-state index contributed by atoms with van der Waals surface area (Å²) in [6.07, 6.45) is -0.126. The van der Waals surface area contributed by atoms with Gasteiger partial charge in [-0.25, -0.2) is 4.98 Å². The SMILES string of the molecule is Br.Nc1nc(CC(=O)O)c(-c2cccc(-c3ccccc3)c2)s1. The van der Waals surface area contributed by atoms with Crippen molar-refractivity contribution in [1.82, 2.24) is 4.98 Å². The number of halogens is 1. The standard InChI is InChI=1S/C17H14N2O2S.BrH/c18-17-19-14(10-15(20)21)16(22-17)13-8-4-7-12(9-13)11-5-2-1-3-6-11;/h1-9H,10H2,(H2,18,19)(H,20,21);1H. The van der Waals surface area contributed by atoms with Crippen molar-refractivity contribution in [1.29, 1.82) is 0 Å². The number of rotatable bonds is 4. The monoisotopic (exact) mass is 390 g/mol. The van der Waals surface area contributed by atoms with E-state index in [1.807, 2.05) is 54.6 Å². The molecule has 0 atom stereocenters. The van der Waals surface area contributed by atoms with E-state index < -0.39 is 5.97 Å². The van der Waals surface area contributed by atoms with E-state index in [1.165, 1.54) is 11.3 Å². The van der Waals surface area contributed by atoms with Crippen molar-refractivity contribution in [2.45, 2.75) is 6.42 Å². The van der Waals surface area contributed by atoms with Crippen molar-refractivity contribution in [2.75, 3.05) is 5.73 Å².